The molecule has 1 aromatic rings. The fourth-order valence-corrected chi connectivity index (χ4v) is 1.49. The maximum absolute atomic E-state index is 4.57. The van der Waals surface area contributed by atoms with Crippen LogP contribution in [-0.4, -0.2) is 23.6 Å². The molecule has 0 unspecified atom stereocenters. The molecule has 3 heteroatoms. The molecule has 0 aliphatic carbocycles. The summed E-state index contributed by atoms with van der Waals surface area (Å²) >= 11 is 0. The Hall–Kier alpha value is -0.960. The molecule has 0 aliphatic rings. The lowest BCUT2D eigenvalue weighted by Gasteiger charge is -2.08. The van der Waals surface area contributed by atoms with E-state index in [2.05, 4.69) is 35.2 Å². The lowest BCUT2D eigenvalue weighted by molar-refractivity contribution is 0.688. The van der Waals surface area contributed by atoms with Crippen LogP contribution in [0.2, 0.25) is 0 Å². The number of hydrogen-bond acceptors (Lipinski definition) is 3. The van der Waals surface area contributed by atoms with Crippen LogP contribution in [0.3, 0.4) is 0 Å². The zero-order valence-corrected chi connectivity index (χ0v) is 10.2. The van der Waals surface area contributed by atoms with Crippen molar-refractivity contribution < 1.29 is 0 Å². The highest BCUT2D eigenvalue weighted by molar-refractivity contribution is 5.13. The number of aromatic nitrogens is 2. The monoisotopic (exact) mass is 207 g/mol. The molecule has 0 saturated heterocycles. The molecule has 84 valence electrons. The minimum atomic E-state index is 0.481. The minimum Gasteiger partial charge on any atom is -0.320 e. The highest BCUT2D eigenvalue weighted by atomic mass is 14.9. The van der Waals surface area contributed by atoms with Crippen LogP contribution in [0.5, 0.6) is 0 Å². The van der Waals surface area contributed by atoms with E-state index in [1.807, 2.05) is 14.0 Å². The van der Waals surface area contributed by atoms with E-state index in [9.17, 15) is 0 Å². The zero-order chi connectivity index (χ0) is 11.3. The Kier molecular flexibility index (Phi) is 4.69. The molecule has 0 amide bonds. The summed E-state index contributed by atoms with van der Waals surface area (Å²) in [6.07, 6.45) is 2.06. The lowest BCUT2D eigenvalue weighted by atomic mass is 10.1. The van der Waals surface area contributed by atoms with E-state index in [1.165, 1.54) is 0 Å². The third kappa shape index (κ3) is 3.96. The maximum atomic E-state index is 4.57. The second-order valence-corrected chi connectivity index (χ2v) is 4.21. The molecule has 0 fully saturated rings. The van der Waals surface area contributed by atoms with Crippen LogP contribution in [0.4, 0.5) is 0 Å². The van der Waals surface area contributed by atoms with Crippen LogP contribution < -0.4 is 5.32 Å². The highest BCUT2D eigenvalue weighted by Crippen LogP contribution is 2.12. The van der Waals surface area contributed by atoms with Crippen LogP contribution in [0.25, 0.3) is 0 Å². The molecule has 0 bridgehead atoms. The SMILES string of the molecule is CNCCCc1nc(C)cc(C(C)C)n1. The van der Waals surface area contributed by atoms with Crippen molar-refractivity contribution in [2.45, 2.75) is 39.5 Å². The van der Waals surface area contributed by atoms with Gasteiger partial charge < -0.3 is 5.32 Å². The molecule has 1 rings (SSSR count). The van der Waals surface area contributed by atoms with Crippen LogP contribution in [0.1, 0.15) is 43.4 Å². The minimum absolute atomic E-state index is 0.481. The van der Waals surface area contributed by atoms with Crippen molar-refractivity contribution in [3.63, 3.8) is 0 Å². The summed E-state index contributed by atoms with van der Waals surface area (Å²) in [6.45, 7) is 7.39. The van der Waals surface area contributed by atoms with Gasteiger partial charge in [-0.1, -0.05) is 13.8 Å². The molecular weight excluding hydrogens is 186 g/mol. The van der Waals surface area contributed by atoms with Gasteiger partial charge in [-0.25, -0.2) is 9.97 Å². The molecule has 1 heterocycles. The van der Waals surface area contributed by atoms with Crippen molar-refractivity contribution in [1.29, 1.82) is 0 Å². The van der Waals surface area contributed by atoms with Crippen LogP contribution in [0, 0.1) is 6.92 Å². The van der Waals surface area contributed by atoms with Crippen molar-refractivity contribution >= 4 is 0 Å². The molecule has 0 spiro atoms. The van der Waals surface area contributed by atoms with Crippen molar-refractivity contribution in [2.75, 3.05) is 13.6 Å². The number of rotatable bonds is 5. The van der Waals surface area contributed by atoms with Gasteiger partial charge in [0.05, 0.1) is 0 Å². The first kappa shape index (κ1) is 12.1. The van der Waals surface area contributed by atoms with Crippen molar-refractivity contribution in [2.24, 2.45) is 0 Å². The number of aryl methyl sites for hydroxylation is 2. The summed E-state index contributed by atoms with van der Waals surface area (Å²) in [5.74, 6) is 1.46. The highest BCUT2D eigenvalue weighted by Gasteiger charge is 2.05. The average Bonchev–Trinajstić information content (AvgIpc) is 2.17. The lowest BCUT2D eigenvalue weighted by Crippen LogP contribution is -2.10. The van der Waals surface area contributed by atoms with Gasteiger partial charge in [0.25, 0.3) is 0 Å². The first-order valence-electron chi connectivity index (χ1n) is 5.62. The summed E-state index contributed by atoms with van der Waals surface area (Å²) in [5.41, 5.74) is 2.23. The van der Waals surface area contributed by atoms with Gasteiger partial charge in [0.2, 0.25) is 0 Å². The molecule has 1 N–H and O–H groups in total. The molecule has 0 atom stereocenters. The Bertz CT molecular complexity index is 308. The van der Waals surface area contributed by atoms with E-state index in [4.69, 9.17) is 0 Å². The third-order valence-corrected chi connectivity index (χ3v) is 2.34. The van der Waals surface area contributed by atoms with Gasteiger partial charge >= 0.3 is 0 Å². The Morgan fingerprint density at radius 1 is 1.33 bits per heavy atom. The Labute approximate surface area is 92.3 Å². The van der Waals surface area contributed by atoms with Crippen molar-refractivity contribution in [3.8, 4) is 0 Å². The number of nitrogens with zero attached hydrogens (tertiary/aromatic N) is 2. The van der Waals surface area contributed by atoms with Gasteiger partial charge in [-0.2, -0.15) is 0 Å². The smallest absolute Gasteiger partial charge is 0.128 e. The van der Waals surface area contributed by atoms with Gasteiger partial charge in [-0.15, -0.1) is 0 Å². The Morgan fingerprint density at radius 3 is 2.67 bits per heavy atom. The zero-order valence-electron chi connectivity index (χ0n) is 10.2. The predicted molar refractivity (Wildman–Crippen MR) is 63.1 cm³/mol. The van der Waals surface area contributed by atoms with Gasteiger partial charge in [0.1, 0.15) is 5.82 Å². The summed E-state index contributed by atoms with van der Waals surface area (Å²) in [7, 11) is 1.97. The van der Waals surface area contributed by atoms with E-state index in [1.54, 1.807) is 0 Å². The summed E-state index contributed by atoms with van der Waals surface area (Å²) < 4.78 is 0. The van der Waals surface area contributed by atoms with E-state index >= 15 is 0 Å². The van der Waals surface area contributed by atoms with Gasteiger partial charge in [-0.05, 0) is 38.9 Å². The number of nitrogens with one attached hydrogen (secondary N) is 1. The van der Waals surface area contributed by atoms with Crippen molar-refractivity contribution in [1.82, 2.24) is 15.3 Å². The van der Waals surface area contributed by atoms with Gasteiger partial charge in [-0.3, -0.25) is 0 Å². The van der Waals surface area contributed by atoms with Crippen LogP contribution in [0.15, 0.2) is 6.07 Å². The fraction of sp³-hybridized carbons (Fsp3) is 0.667. The molecule has 3 nitrogen and oxygen atoms in total. The van der Waals surface area contributed by atoms with E-state index in [0.717, 1.165) is 36.6 Å². The van der Waals surface area contributed by atoms with Gasteiger partial charge in [0.15, 0.2) is 0 Å². The normalized spacial score (nSPS) is 11.0. The molecular formula is C12H21N3. The molecule has 0 aromatic carbocycles. The Balaban J connectivity index is 2.71. The topological polar surface area (TPSA) is 37.8 Å². The fourth-order valence-electron chi connectivity index (χ4n) is 1.49. The van der Waals surface area contributed by atoms with E-state index in [0.29, 0.717) is 5.92 Å². The summed E-state index contributed by atoms with van der Waals surface area (Å²) in [4.78, 5) is 9.02. The maximum Gasteiger partial charge on any atom is 0.128 e. The molecule has 0 saturated carbocycles. The average molecular weight is 207 g/mol. The van der Waals surface area contributed by atoms with Crippen LogP contribution >= 0.6 is 0 Å². The molecule has 0 radical (unpaired) electrons. The molecule has 1 aromatic heterocycles. The quantitative estimate of drug-likeness (QED) is 0.751. The molecule has 15 heavy (non-hydrogen) atoms. The third-order valence-electron chi connectivity index (χ3n) is 2.34. The van der Waals surface area contributed by atoms with Crippen LogP contribution in [-0.2, 0) is 6.42 Å². The summed E-state index contributed by atoms with van der Waals surface area (Å²) in [5, 5.41) is 3.13. The van der Waals surface area contributed by atoms with Gasteiger partial charge in [0, 0.05) is 17.8 Å². The first-order valence-corrected chi connectivity index (χ1v) is 5.62. The number of hydrogen-bond donors (Lipinski definition) is 1. The second-order valence-electron chi connectivity index (χ2n) is 4.21. The van der Waals surface area contributed by atoms with E-state index in [-0.39, 0.29) is 0 Å². The standard InChI is InChI=1S/C12H21N3/c1-9(2)11-8-10(3)14-12(15-11)6-5-7-13-4/h8-9,13H,5-7H2,1-4H3. The largest absolute Gasteiger partial charge is 0.320 e. The first-order chi connectivity index (χ1) is 7.13. The van der Waals surface area contributed by atoms with E-state index < -0.39 is 0 Å². The Morgan fingerprint density at radius 2 is 2.07 bits per heavy atom. The van der Waals surface area contributed by atoms with Crippen molar-refractivity contribution in [3.05, 3.63) is 23.3 Å². The predicted octanol–water partition coefficient (Wildman–Crippen LogP) is 2.06. The summed E-state index contributed by atoms with van der Waals surface area (Å²) in [6, 6.07) is 2.08. The molecule has 0 aliphatic heterocycles. The second kappa shape index (κ2) is 5.81.